The van der Waals surface area contributed by atoms with Crippen molar-refractivity contribution in [3.63, 3.8) is 0 Å². The second-order valence-corrected chi connectivity index (χ2v) is 7.71. The molecule has 1 fully saturated rings. The number of rotatable bonds is 3. The van der Waals surface area contributed by atoms with Crippen LogP contribution in [0.5, 0.6) is 5.75 Å². The standard InChI is InChI=1S/C19H24ClNO4/c1-12(17(22)24-14-7-5-4-6-8-14)21-15-11-13(20)9-10-16(15)25-19(2,3)18(21)23/h9-12,14H,4-8H2,1-3H3. The molecule has 1 aromatic rings. The Morgan fingerprint density at radius 2 is 2.00 bits per heavy atom. The van der Waals surface area contributed by atoms with E-state index in [2.05, 4.69) is 0 Å². The van der Waals surface area contributed by atoms with Crippen LogP contribution >= 0.6 is 11.6 Å². The lowest BCUT2D eigenvalue weighted by Crippen LogP contribution is -2.57. The maximum atomic E-state index is 12.9. The van der Waals surface area contributed by atoms with Crippen molar-refractivity contribution in [2.75, 3.05) is 4.90 Å². The number of ether oxygens (including phenoxy) is 2. The molecule has 0 radical (unpaired) electrons. The largest absolute Gasteiger partial charge is 0.476 e. The first-order chi connectivity index (χ1) is 11.8. The highest BCUT2D eigenvalue weighted by Gasteiger charge is 2.45. The lowest BCUT2D eigenvalue weighted by molar-refractivity contribution is -0.153. The Morgan fingerprint density at radius 3 is 2.68 bits per heavy atom. The number of anilines is 1. The first-order valence-corrected chi connectivity index (χ1v) is 9.20. The van der Waals surface area contributed by atoms with E-state index in [-0.39, 0.29) is 18.0 Å². The van der Waals surface area contributed by atoms with Gasteiger partial charge in [-0.25, -0.2) is 4.79 Å². The van der Waals surface area contributed by atoms with Crippen molar-refractivity contribution < 1.29 is 19.1 Å². The van der Waals surface area contributed by atoms with Gasteiger partial charge in [-0.3, -0.25) is 9.69 Å². The Bertz CT molecular complexity index is 682. The van der Waals surface area contributed by atoms with Crippen LogP contribution in [0.4, 0.5) is 5.69 Å². The lowest BCUT2D eigenvalue weighted by atomic mass is 9.97. The molecule has 1 amide bonds. The summed E-state index contributed by atoms with van der Waals surface area (Å²) in [4.78, 5) is 27.0. The molecule has 0 saturated heterocycles. The topological polar surface area (TPSA) is 55.8 Å². The molecule has 1 aliphatic heterocycles. The van der Waals surface area contributed by atoms with Crippen LogP contribution in [0.1, 0.15) is 52.9 Å². The third-order valence-electron chi connectivity index (χ3n) is 4.84. The van der Waals surface area contributed by atoms with E-state index in [4.69, 9.17) is 21.1 Å². The minimum Gasteiger partial charge on any atom is -0.476 e. The van der Waals surface area contributed by atoms with E-state index >= 15 is 0 Å². The van der Waals surface area contributed by atoms with E-state index in [1.807, 2.05) is 0 Å². The van der Waals surface area contributed by atoms with E-state index in [0.717, 1.165) is 25.7 Å². The van der Waals surface area contributed by atoms with Gasteiger partial charge in [-0.2, -0.15) is 0 Å². The summed E-state index contributed by atoms with van der Waals surface area (Å²) < 4.78 is 11.5. The second-order valence-electron chi connectivity index (χ2n) is 7.27. The summed E-state index contributed by atoms with van der Waals surface area (Å²) >= 11 is 6.09. The van der Waals surface area contributed by atoms with Gasteiger partial charge in [-0.1, -0.05) is 18.0 Å². The van der Waals surface area contributed by atoms with Crippen LogP contribution < -0.4 is 9.64 Å². The van der Waals surface area contributed by atoms with Gasteiger partial charge < -0.3 is 9.47 Å². The summed E-state index contributed by atoms with van der Waals surface area (Å²) in [5.74, 6) is -0.134. The Balaban J connectivity index is 1.87. The van der Waals surface area contributed by atoms with Crippen LogP contribution in [-0.2, 0) is 14.3 Å². The molecule has 1 atom stereocenters. The molecule has 136 valence electrons. The number of benzene rings is 1. The van der Waals surface area contributed by atoms with E-state index in [1.54, 1.807) is 39.0 Å². The van der Waals surface area contributed by atoms with Gasteiger partial charge in [0, 0.05) is 5.02 Å². The summed E-state index contributed by atoms with van der Waals surface area (Å²) in [7, 11) is 0. The van der Waals surface area contributed by atoms with Gasteiger partial charge in [0.05, 0.1) is 5.69 Å². The van der Waals surface area contributed by atoms with Gasteiger partial charge in [0.15, 0.2) is 5.60 Å². The maximum absolute atomic E-state index is 12.9. The van der Waals surface area contributed by atoms with Gasteiger partial charge >= 0.3 is 5.97 Å². The molecule has 1 aliphatic carbocycles. The highest BCUT2D eigenvalue weighted by Crippen LogP contribution is 2.40. The zero-order valence-corrected chi connectivity index (χ0v) is 15.6. The quantitative estimate of drug-likeness (QED) is 0.756. The molecule has 0 spiro atoms. The SMILES string of the molecule is CC(C(=O)OC1CCCCC1)N1C(=O)C(C)(C)Oc2ccc(Cl)cc21. The molecule has 25 heavy (non-hydrogen) atoms. The number of nitrogens with zero attached hydrogens (tertiary/aromatic N) is 1. The highest BCUT2D eigenvalue weighted by molar-refractivity contribution is 6.31. The van der Waals surface area contributed by atoms with Gasteiger partial charge in [-0.15, -0.1) is 0 Å². The summed E-state index contributed by atoms with van der Waals surface area (Å²) in [6.45, 7) is 5.08. The van der Waals surface area contributed by atoms with Gasteiger partial charge in [0.2, 0.25) is 0 Å². The molecule has 3 rings (SSSR count). The molecule has 0 bridgehead atoms. The highest BCUT2D eigenvalue weighted by atomic mass is 35.5. The fraction of sp³-hybridized carbons (Fsp3) is 0.579. The number of carbonyl (C=O) groups excluding carboxylic acids is 2. The number of carbonyl (C=O) groups is 2. The molecule has 1 saturated carbocycles. The van der Waals surface area contributed by atoms with Gasteiger partial charge in [0.1, 0.15) is 17.9 Å². The van der Waals surface area contributed by atoms with Crippen molar-refractivity contribution in [1.29, 1.82) is 0 Å². The Kier molecular flexibility index (Phi) is 4.96. The van der Waals surface area contributed by atoms with Crippen molar-refractivity contribution in [3.05, 3.63) is 23.2 Å². The van der Waals surface area contributed by atoms with Gasteiger partial charge in [0.25, 0.3) is 5.91 Å². The fourth-order valence-electron chi connectivity index (χ4n) is 3.42. The molecule has 2 aliphatic rings. The average molecular weight is 366 g/mol. The van der Waals surface area contributed by atoms with Crippen LogP contribution in [0.2, 0.25) is 5.02 Å². The minimum atomic E-state index is -1.06. The summed E-state index contributed by atoms with van der Waals surface area (Å²) in [5, 5.41) is 0.479. The Labute approximate surface area is 153 Å². The average Bonchev–Trinajstić information content (AvgIpc) is 2.57. The van der Waals surface area contributed by atoms with E-state index in [1.165, 1.54) is 11.3 Å². The summed E-state index contributed by atoms with van der Waals surface area (Å²) in [6.07, 6.45) is 5.08. The molecule has 1 heterocycles. The smallest absolute Gasteiger partial charge is 0.329 e. The third-order valence-corrected chi connectivity index (χ3v) is 5.08. The number of amides is 1. The van der Waals surface area contributed by atoms with Crippen molar-refractivity contribution in [3.8, 4) is 5.75 Å². The number of esters is 1. The lowest BCUT2D eigenvalue weighted by Gasteiger charge is -2.41. The Hall–Kier alpha value is -1.75. The zero-order valence-electron chi connectivity index (χ0n) is 14.9. The number of hydrogen-bond acceptors (Lipinski definition) is 4. The predicted octanol–water partition coefficient (Wildman–Crippen LogP) is 4.11. The van der Waals surface area contributed by atoms with Crippen molar-refractivity contribution in [2.24, 2.45) is 0 Å². The molecule has 5 nitrogen and oxygen atoms in total. The number of fused-ring (bicyclic) bond motifs is 1. The van der Waals surface area contributed by atoms with Crippen LogP contribution in [0.15, 0.2) is 18.2 Å². The normalized spacial score (nSPS) is 21.3. The van der Waals surface area contributed by atoms with Crippen LogP contribution in [0, 0.1) is 0 Å². The second kappa shape index (κ2) is 6.87. The molecule has 0 N–H and O–H groups in total. The molecular weight excluding hydrogens is 342 g/mol. The first kappa shape index (κ1) is 18.1. The van der Waals surface area contributed by atoms with E-state index < -0.39 is 11.6 Å². The fourth-order valence-corrected chi connectivity index (χ4v) is 3.59. The first-order valence-electron chi connectivity index (χ1n) is 8.82. The van der Waals surface area contributed by atoms with E-state index in [9.17, 15) is 9.59 Å². The minimum absolute atomic E-state index is 0.0494. The van der Waals surface area contributed by atoms with Crippen LogP contribution in [-0.4, -0.2) is 29.6 Å². The van der Waals surface area contributed by atoms with Gasteiger partial charge in [-0.05, 0) is 64.7 Å². The maximum Gasteiger partial charge on any atom is 0.329 e. The number of hydrogen-bond donors (Lipinski definition) is 0. The number of halogens is 1. The predicted molar refractivity (Wildman–Crippen MR) is 96.1 cm³/mol. The van der Waals surface area contributed by atoms with Crippen LogP contribution in [0.3, 0.4) is 0 Å². The van der Waals surface area contributed by atoms with Crippen molar-refractivity contribution in [1.82, 2.24) is 0 Å². The zero-order chi connectivity index (χ0) is 18.2. The Morgan fingerprint density at radius 1 is 1.32 bits per heavy atom. The molecule has 0 aromatic heterocycles. The van der Waals surface area contributed by atoms with E-state index in [0.29, 0.717) is 16.5 Å². The summed E-state index contributed by atoms with van der Waals surface area (Å²) in [6, 6.07) is 4.33. The monoisotopic (exact) mass is 365 g/mol. The van der Waals surface area contributed by atoms with Crippen molar-refractivity contribution >= 4 is 29.2 Å². The molecule has 1 unspecified atom stereocenters. The summed E-state index contributed by atoms with van der Waals surface area (Å²) in [5.41, 5.74) is -0.551. The van der Waals surface area contributed by atoms with Crippen molar-refractivity contribution in [2.45, 2.75) is 70.6 Å². The van der Waals surface area contributed by atoms with Crippen LogP contribution in [0.25, 0.3) is 0 Å². The molecule has 6 heteroatoms. The molecule has 1 aromatic carbocycles. The third kappa shape index (κ3) is 3.61. The molecular formula is C19H24ClNO4.